The van der Waals surface area contributed by atoms with E-state index < -0.39 is 10.9 Å². The maximum atomic E-state index is 12.5. The van der Waals surface area contributed by atoms with E-state index in [0.717, 1.165) is 5.56 Å². The Balaban J connectivity index is 1.24. The Kier molecular flexibility index (Phi) is 8.37. The molecule has 2 saturated heterocycles. The lowest BCUT2D eigenvalue weighted by molar-refractivity contribution is -0.385. The van der Waals surface area contributed by atoms with E-state index >= 15 is 0 Å². The fraction of sp³-hybridized carbons (Fsp3) is 0.346. The third kappa shape index (κ3) is 6.65. The number of esters is 1. The lowest BCUT2D eigenvalue weighted by Gasteiger charge is -2.30. The van der Waals surface area contributed by atoms with Gasteiger partial charge in [0.2, 0.25) is 17.8 Å². The van der Waals surface area contributed by atoms with E-state index in [2.05, 4.69) is 35.3 Å². The number of hydrogen-bond acceptors (Lipinski definition) is 13. The molecular formula is C26H28N8O6. The van der Waals surface area contributed by atoms with E-state index in [1.165, 1.54) is 18.2 Å². The summed E-state index contributed by atoms with van der Waals surface area (Å²) < 4.78 is 16.3. The number of nitro groups is 1. The summed E-state index contributed by atoms with van der Waals surface area (Å²) in [5.41, 5.74) is 4.19. The number of hydrogen-bond donors (Lipinski definition) is 1. The van der Waals surface area contributed by atoms with Crippen LogP contribution in [0.4, 0.5) is 23.5 Å². The van der Waals surface area contributed by atoms with E-state index in [0.29, 0.717) is 81.8 Å². The number of carbonyl (C=O) groups is 1. The smallest absolute Gasteiger partial charge is 0.343 e. The van der Waals surface area contributed by atoms with Gasteiger partial charge < -0.3 is 24.0 Å². The molecule has 14 heteroatoms. The predicted molar refractivity (Wildman–Crippen MR) is 146 cm³/mol. The van der Waals surface area contributed by atoms with Gasteiger partial charge in [-0.1, -0.05) is 0 Å². The van der Waals surface area contributed by atoms with Crippen molar-refractivity contribution < 1.29 is 23.9 Å². The number of anilines is 3. The lowest BCUT2D eigenvalue weighted by atomic mass is 10.1. The number of carbonyl (C=O) groups excluding carboxylic acids is 1. The number of hydrazone groups is 1. The highest BCUT2D eigenvalue weighted by atomic mass is 16.6. The molecule has 14 nitrogen and oxygen atoms in total. The molecule has 0 amide bonds. The first-order valence-corrected chi connectivity index (χ1v) is 12.7. The molecule has 208 valence electrons. The van der Waals surface area contributed by atoms with Gasteiger partial charge in [-0.2, -0.15) is 20.1 Å². The summed E-state index contributed by atoms with van der Waals surface area (Å²) in [4.78, 5) is 40.9. The van der Waals surface area contributed by atoms with Gasteiger partial charge in [-0.15, -0.1) is 0 Å². The van der Waals surface area contributed by atoms with Crippen molar-refractivity contribution in [3.63, 3.8) is 0 Å². The number of aryl methyl sites for hydroxylation is 1. The van der Waals surface area contributed by atoms with Crippen molar-refractivity contribution in [1.82, 2.24) is 15.0 Å². The van der Waals surface area contributed by atoms with Crippen LogP contribution in [0.3, 0.4) is 0 Å². The van der Waals surface area contributed by atoms with Gasteiger partial charge in [0.15, 0.2) is 0 Å². The maximum Gasteiger partial charge on any atom is 0.343 e. The van der Waals surface area contributed by atoms with Crippen LogP contribution in [0.5, 0.6) is 5.75 Å². The second-order valence-corrected chi connectivity index (χ2v) is 9.04. The minimum atomic E-state index is -0.608. The third-order valence-corrected chi connectivity index (χ3v) is 6.30. The molecule has 0 aliphatic carbocycles. The Morgan fingerprint density at radius 3 is 2.12 bits per heavy atom. The molecule has 40 heavy (non-hydrogen) atoms. The van der Waals surface area contributed by atoms with Crippen molar-refractivity contribution in [1.29, 1.82) is 0 Å². The molecule has 0 spiro atoms. The Bertz CT molecular complexity index is 1350. The Morgan fingerprint density at radius 1 is 0.975 bits per heavy atom. The van der Waals surface area contributed by atoms with Crippen molar-refractivity contribution in [2.45, 2.75) is 6.92 Å². The summed E-state index contributed by atoms with van der Waals surface area (Å²) in [7, 11) is 0. The van der Waals surface area contributed by atoms with Gasteiger partial charge in [0.25, 0.3) is 5.69 Å². The van der Waals surface area contributed by atoms with Crippen molar-refractivity contribution in [3.8, 4) is 5.75 Å². The number of rotatable bonds is 8. The summed E-state index contributed by atoms with van der Waals surface area (Å²) in [5.74, 6) is 1.16. The van der Waals surface area contributed by atoms with Crippen LogP contribution in [0.2, 0.25) is 0 Å². The van der Waals surface area contributed by atoms with Crippen LogP contribution in [0.25, 0.3) is 0 Å². The molecule has 2 fully saturated rings. The highest BCUT2D eigenvalue weighted by Gasteiger charge is 2.21. The molecule has 0 saturated carbocycles. The standard InChI is InChI=1S/C26H28N8O6/c1-18-16-20(4-7-22(18)34(36)37)23(35)40-21-5-2-19(3-6-21)17-27-31-24-28-25(32-8-12-38-13-9-32)30-26(29-24)33-10-14-39-15-11-33/h2-7,16-17H,8-15H2,1H3,(H,28,29,30,31)/b27-17+. The van der Waals surface area contributed by atoms with Gasteiger partial charge in [0.1, 0.15) is 5.75 Å². The van der Waals surface area contributed by atoms with E-state index in [1.807, 2.05) is 0 Å². The van der Waals surface area contributed by atoms with Crippen LogP contribution in [-0.4, -0.2) is 84.7 Å². The van der Waals surface area contributed by atoms with Crippen molar-refractivity contribution in [2.24, 2.45) is 5.10 Å². The monoisotopic (exact) mass is 548 g/mol. The van der Waals surface area contributed by atoms with Gasteiger partial charge in [-0.05, 0) is 48.9 Å². The number of benzene rings is 2. The minimum Gasteiger partial charge on any atom is -0.423 e. The van der Waals surface area contributed by atoms with E-state index in [4.69, 9.17) is 14.2 Å². The van der Waals surface area contributed by atoms with Crippen molar-refractivity contribution >= 4 is 35.7 Å². The number of morpholine rings is 2. The Labute approximate surface area is 229 Å². The zero-order valence-corrected chi connectivity index (χ0v) is 21.9. The minimum absolute atomic E-state index is 0.0550. The average molecular weight is 549 g/mol. The molecule has 1 aromatic heterocycles. The van der Waals surface area contributed by atoms with Gasteiger partial charge in [-0.3, -0.25) is 10.1 Å². The van der Waals surface area contributed by atoms with Crippen LogP contribution in [0.15, 0.2) is 47.6 Å². The quantitative estimate of drug-likeness (QED) is 0.144. The molecule has 0 bridgehead atoms. The Hall–Kier alpha value is -4.69. The first-order valence-electron chi connectivity index (χ1n) is 12.7. The molecule has 0 atom stereocenters. The van der Waals surface area contributed by atoms with Gasteiger partial charge in [-0.25, -0.2) is 10.2 Å². The molecule has 2 aliphatic heterocycles. The van der Waals surface area contributed by atoms with E-state index in [-0.39, 0.29) is 11.3 Å². The number of aromatic nitrogens is 3. The topological polar surface area (TPSA) is 157 Å². The largest absolute Gasteiger partial charge is 0.423 e. The van der Waals surface area contributed by atoms with Crippen LogP contribution < -0.4 is 20.0 Å². The van der Waals surface area contributed by atoms with Gasteiger partial charge in [0, 0.05) is 37.8 Å². The SMILES string of the molecule is Cc1cc(C(=O)Oc2ccc(/C=N/Nc3nc(N4CCOCC4)nc(N4CCOCC4)n3)cc2)ccc1[N+](=O)[O-]. The molecule has 3 aromatic rings. The van der Waals surface area contributed by atoms with Gasteiger partial charge >= 0.3 is 5.97 Å². The second kappa shape index (κ2) is 12.4. The normalized spacial score (nSPS) is 15.7. The maximum absolute atomic E-state index is 12.5. The molecule has 0 radical (unpaired) electrons. The highest BCUT2D eigenvalue weighted by molar-refractivity contribution is 5.91. The number of nitro benzene ring substituents is 1. The summed E-state index contributed by atoms with van der Waals surface area (Å²) in [6, 6.07) is 10.8. The molecule has 2 aliphatic rings. The molecular weight excluding hydrogens is 520 g/mol. The number of ether oxygens (including phenoxy) is 3. The fourth-order valence-corrected chi connectivity index (χ4v) is 4.15. The second-order valence-electron chi connectivity index (χ2n) is 9.04. The molecule has 0 unspecified atom stereocenters. The Morgan fingerprint density at radius 2 is 1.57 bits per heavy atom. The highest BCUT2D eigenvalue weighted by Crippen LogP contribution is 2.21. The summed E-state index contributed by atoms with van der Waals surface area (Å²) in [6.45, 7) is 6.77. The zero-order chi connectivity index (χ0) is 27.9. The predicted octanol–water partition coefficient (Wildman–Crippen LogP) is 2.43. The third-order valence-electron chi connectivity index (χ3n) is 6.30. The molecule has 5 rings (SSSR count). The summed E-state index contributed by atoms with van der Waals surface area (Å²) >= 11 is 0. The van der Waals surface area contributed by atoms with Crippen LogP contribution in [0.1, 0.15) is 21.5 Å². The van der Waals surface area contributed by atoms with Crippen LogP contribution in [-0.2, 0) is 9.47 Å². The van der Waals surface area contributed by atoms with E-state index in [1.54, 1.807) is 37.4 Å². The molecule has 1 N–H and O–H groups in total. The van der Waals surface area contributed by atoms with Crippen molar-refractivity contribution in [3.05, 3.63) is 69.3 Å². The summed E-state index contributed by atoms with van der Waals surface area (Å²) in [6.07, 6.45) is 1.60. The number of nitrogens with zero attached hydrogens (tertiary/aromatic N) is 7. The number of nitrogens with one attached hydrogen (secondary N) is 1. The zero-order valence-electron chi connectivity index (χ0n) is 21.9. The lowest BCUT2D eigenvalue weighted by Crippen LogP contribution is -2.40. The molecule has 2 aromatic carbocycles. The first kappa shape index (κ1) is 26.9. The fourth-order valence-electron chi connectivity index (χ4n) is 4.15. The van der Waals surface area contributed by atoms with Crippen LogP contribution >= 0.6 is 0 Å². The summed E-state index contributed by atoms with van der Waals surface area (Å²) in [5, 5.41) is 15.3. The van der Waals surface area contributed by atoms with E-state index in [9.17, 15) is 14.9 Å². The average Bonchev–Trinajstić information content (AvgIpc) is 2.98. The first-order chi connectivity index (χ1) is 19.5. The molecule has 3 heterocycles. The van der Waals surface area contributed by atoms with Gasteiger partial charge in [0.05, 0.1) is 43.1 Å². The van der Waals surface area contributed by atoms with Crippen LogP contribution in [0, 0.1) is 17.0 Å². The van der Waals surface area contributed by atoms with Crippen molar-refractivity contribution in [2.75, 3.05) is 67.8 Å².